The van der Waals surface area contributed by atoms with E-state index < -0.39 is 0 Å². The maximum Gasteiger partial charge on any atom is 0.263 e. The molecule has 0 aliphatic heterocycles. The molecule has 0 saturated carbocycles. The van der Waals surface area contributed by atoms with Crippen LogP contribution in [0.4, 0.5) is 0 Å². The number of amides is 1. The molecular formula is C9H14N2O2S. The number of aryl methyl sites for hydroxylation is 1. The fraction of sp³-hybridized carbons (Fsp3) is 0.556. The van der Waals surface area contributed by atoms with Gasteiger partial charge in [-0.15, -0.1) is 11.3 Å². The van der Waals surface area contributed by atoms with E-state index in [0.29, 0.717) is 4.88 Å². The van der Waals surface area contributed by atoms with Crippen molar-refractivity contribution >= 4 is 17.2 Å². The highest BCUT2D eigenvalue weighted by Crippen LogP contribution is 2.11. The van der Waals surface area contributed by atoms with Crippen LogP contribution in [0.25, 0.3) is 0 Å². The molecule has 1 aromatic heterocycles. The molecule has 0 fully saturated rings. The van der Waals surface area contributed by atoms with E-state index in [2.05, 4.69) is 10.3 Å². The Morgan fingerprint density at radius 2 is 2.50 bits per heavy atom. The average Bonchev–Trinajstić information content (AvgIpc) is 2.60. The zero-order valence-corrected chi connectivity index (χ0v) is 9.10. The molecule has 1 aromatic rings. The molecule has 0 spiro atoms. The Morgan fingerprint density at radius 3 is 2.93 bits per heavy atom. The van der Waals surface area contributed by atoms with Crippen LogP contribution in [0, 0.1) is 6.92 Å². The number of nitrogens with zero attached hydrogens (tertiary/aromatic N) is 1. The van der Waals surface area contributed by atoms with Crippen molar-refractivity contribution < 1.29 is 9.90 Å². The number of aromatic nitrogens is 1. The van der Waals surface area contributed by atoms with Crippen molar-refractivity contribution in [2.24, 2.45) is 0 Å². The van der Waals surface area contributed by atoms with Crippen LogP contribution in [0.3, 0.4) is 0 Å². The first-order valence-corrected chi connectivity index (χ1v) is 5.38. The van der Waals surface area contributed by atoms with Gasteiger partial charge in [0.15, 0.2) is 0 Å². The number of hydrogen-bond acceptors (Lipinski definition) is 4. The van der Waals surface area contributed by atoms with Gasteiger partial charge >= 0.3 is 0 Å². The molecule has 0 aromatic carbocycles. The van der Waals surface area contributed by atoms with E-state index >= 15 is 0 Å². The maximum absolute atomic E-state index is 11.6. The molecular weight excluding hydrogens is 200 g/mol. The smallest absolute Gasteiger partial charge is 0.263 e. The number of carbonyl (C=O) groups is 1. The largest absolute Gasteiger partial charge is 0.394 e. The first-order valence-electron chi connectivity index (χ1n) is 4.50. The predicted molar refractivity (Wildman–Crippen MR) is 55.5 cm³/mol. The van der Waals surface area contributed by atoms with Crippen LogP contribution in [-0.4, -0.2) is 28.6 Å². The van der Waals surface area contributed by atoms with Crippen LogP contribution in [0.1, 0.15) is 28.7 Å². The van der Waals surface area contributed by atoms with Gasteiger partial charge in [-0.05, 0) is 13.3 Å². The summed E-state index contributed by atoms with van der Waals surface area (Å²) >= 11 is 1.32. The summed E-state index contributed by atoms with van der Waals surface area (Å²) in [5.41, 5.74) is 2.38. The number of hydrogen-bond donors (Lipinski definition) is 2. The van der Waals surface area contributed by atoms with Gasteiger partial charge in [0.25, 0.3) is 5.91 Å². The van der Waals surface area contributed by atoms with E-state index in [0.717, 1.165) is 12.1 Å². The third-order valence-corrected chi connectivity index (χ3v) is 2.93. The lowest BCUT2D eigenvalue weighted by Gasteiger charge is -2.12. The number of rotatable bonds is 4. The lowest BCUT2D eigenvalue weighted by Crippen LogP contribution is -2.36. The first-order chi connectivity index (χ1) is 6.69. The lowest BCUT2D eigenvalue weighted by molar-refractivity contribution is 0.0918. The van der Waals surface area contributed by atoms with Gasteiger partial charge in [-0.25, -0.2) is 4.98 Å². The van der Waals surface area contributed by atoms with Crippen LogP contribution in [-0.2, 0) is 0 Å². The summed E-state index contributed by atoms with van der Waals surface area (Å²) in [6.07, 6.45) is 0.722. The summed E-state index contributed by atoms with van der Waals surface area (Å²) in [5, 5.41) is 11.7. The normalized spacial score (nSPS) is 12.5. The Bertz CT molecular complexity index is 308. The van der Waals surface area contributed by atoms with Crippen molar-refractivity contribution in [3.63, 3.8) is 0 Å². The van der Waals surface area contributed by atoms with Crippen LogP contribution >= 0.6 is 11.3 Å². The van der Waals surface area contributed by atoms with E-state index in [9.17, 15) is 4.79 Å². The van der Waals surface area contributed by atoms with Crippen molar-refractivity contribution in [1.29, 1.82) is 0 Å². The zero-order chi connectivity index (χ0) is 10.6. The molecule has 4 nitrogen and oxygen atoms in total. The molecule has 2 N–H and O–H groups in total. The van der Waals surface area contributed by atoms with Crippen LogP contribution in [0.5, 0.6) is 0 Å². The van der Waals surface area contributed by atoms with Gasteiger partial charge in [-0.1, -0.05) is 6.92 Å². The highest BCUT2D eigenvalue weighted by atomic mass is 32.1. The Morgan fingerprint density at radius 1 is 1.79 bits per heavy atom. The van der Waals surface area contributed by atoms with Crippen molar-refractivity contribution in [2.75, 3.05) is 6.61 Å². The molecule has 0 aliphatic carbocycles. The maximum atomic E-state index is 11.6. The van der Waals surface area contributed by atoms with Crippen LogP contribution in [0.15, 0.2) is 5.51 Å². The minimum Gasteiger partial charge on any atom is -0.394 e. The number of thiazole rings is 1. The average molecular weight is 214 g/mol. The molecule has 1 heterocycles. The van der Waals surface area contributed by atoms with E-state index in [1.54, 1.807) is 12.4 Å². The molecule has 1 rings (SSSR count). The molecule has 1 amide bonds. The van der Waals surface area contributed by atoms with Crippen molar-refractivity contribution in [3.05, 3.63) is 16.1 Å². The number of nitrogens with one attached hydrogen (secondary N) is 1. The Labute approximate surface area is 87.0 Å². The monoisotopic (exact) mass is 214 g/mol. The standard InChI is InChI=1S/C9H14N2O2S/c1-3-7(4-12)11-9(13)8-6(2)10-5-14-8/h5,7,12H,3-4H2,1-2H3,(H,11,13). The van der Waals surface area contributed by atoms with Crippen molar-refractivity contribution in [2.45, 2.75) is 26.3 Å². The highest BCUT2D eigenvalue weighted by Gasteiger charge is 2.14. The van der Waals surface area contributed by atoms with E-state index in [1.807, 2.05) is 6.92 Å². The number of carbonyl (C=O) groups excluding carboxylic acids is 1. The third kappa shape index (κ3) is 2.52. The topological polar surface area (TPSA) is 62.2 Å². The minimum atomic E-state index is -0.163. The summed E-state index contributed by atoms with van der Waals surface area (Å²) in [5.74, 6) is -0.147. The van der Waals surface area contributed by atoms with Gasteiger partial charge in [-0.2, -0.15) is 0 Å². The molecule has 0 bridgehead atoms. The Hall–Kier alpha value is -0.940. The van der Waals surface area contributed by atoms with E-state index in [-0.39, 0.29) is 18.6 Å². The van der Waals surface area contributed by atoms with Gasteiger partial charge in [0.2, 0.25) is 0 Å². The number of aliphatic hydroxyl groups excluding tert-OH is 1. The SMILES string of the molecule is CCC(CO)NC(=O)c1scnc1C. The quantitative estimate of drug-likeness (QED) is 0.784. The second-order valence-electron chi connectivity index (χ2n) is 3.03. The highest BCUT2D eigenvalue weighted by molar-refractivity contribution is 7.11. The minimum absolute atomic E-state index is 0.0277. The molecule has 5 heteroatoms. The first kappa shape index (κ1) is 11.1. The van der Waals surface area contributed by atoms with E-state index in [4.69, 9.17) is 5.11 Å². The lowest BCUT2D eigenvalue weighted by atomic mass is 10.2. The fourth-order valence-electron chi connectivity index (χ4n) is 1.05. The summed E-state index contributed by atoms with van der Waals surface area (Å²) in [6.45, 7) is 3.69. The molecule has 1 atom stereocenters. The number of aliphatic hydroxyl groups is 1. The Kier molecular flexibility index (Phi) is 4.03. The van der Waals surface area contributed by atoms with Crippen molar-refractivity contribution in [1.82, 2.24) is 10.3 Å². The molecule has 78 valence electrons. The molecule has 14 heavy (non-hydrogen) atoms. The van der Waals surface area contributed by atoms with E-state index in [1.165, 1.54) is 11.3 Å². The predicted octanol–water partition coefficient (Wildman–Crippen LogP) is 0.952. The summed E-state index contributed by atoms with van der Waals surface area (Å²) < 4.78 is 0. The van der Waals surface area contributed by atoms with Gasteiger partial charge in [0.1, 0.15) is 4.88 Å². The Balaban J connectivity index is 2.63. The molecule has 0 radical (unpaired) electrons. The van der Waals surface area contributed by atoms with Gasteiger partial charge in [-0.3, -0.25) is 4.79 Å². The summed E-state index contributed by atoms with van der Waals surface area (Å²) in [6, 6.07) is -0.163. The zero-order valence-electron chi connectivity index (χ0n) is 8.28. The molecule has 1 unspecified atom stereocenters. The summed E-state index contributed by atoms with van der Waals surface area (Å²) in [7, 11) is 0. The third-order valence-electron chi connectivity index (χ3n) is 2.00. The van der Waals surface area contributed by atoms with Gasteiger partial charge in [0.05, 0.1) is 23.9 Å². The van der Waals surface area contributed by atoms with Crippen LogP contribution in [0.2, 0.25) is 0 Å². The second kappa shape index (κ2) is 5.07. The van der Waals surface area contributed by atoms with Gasteiger partial charge in [0, 0.05) is 0 Å². The van der Waals surface area contributed by atoms with Crippen molar-refractivity contribution in [3.8, 4) is 0 Å². The van der Waals surface area contributed by atoms with Gasteiger partial charge < -0.3 is 10.4 Å². The summed E-state index contributed by atoms with van der Waals surface area (Å²) in [4.78, 5) is 16.2. The second-order valence-corrected chi connectivity index (χ2v) is 3.88. The van der Waals surface area contributed by atoms with Crippen LogP contribution < -0.4 is 5.32 Å². The molecule has 0 aliphatic rings. The molecule has 0 saturated heterocycles. The fourth-order valence-corrected chi connectivity index (χ4v) is 1.75.